The van der Waals surface area contributed by atoms with E-state index in [0.717, 1.165) is 23.8 Å². The smallest absolute Gasteiger partial charge is 0.318 e. The van der Waals surface area contributed by atoms with Gasteiger partial charge >= 0.3 is 6.03 Å². The number of carbonyl (C=O) groups excluding carboxylic acids is 1. The van der Waals surface area contributed by atoms with E-state index in [1.807, 2.05) is 36.1 Å². The van der Waals surface area contributed by atoms with E-state index in [0.29, 0.717) is 6.04 Å². The minimum absolute atomic E-state index is 0.00303. The van der Waals surface area contributed by atoms with Crippen LogP contribution >= 0.6 is 0 Å². The number of fused-ring (bicyclic) bond motifs is 2. The molecule has 2 fully saturated rings. The number of benzene rings is 1. The number of likely N-dealkylation sites (tertiary alicyclic amines) is 1. The molecule has 1 aliphatic heterocycles. The Labute approximate surface area is 120 Å². The number of rotatable bonds is 3. The number of hydrogen-bond donors (Lipinski definition) is 1. The molecular weight excluding hydrogens is 252 g/mol. The minimum atomic E-state index is -0.00303. The standard InChI is InChI=1S/C16H22N2O2/c1-11(13-4-3-5-15(9-13)20-2)17-16(19)18-10-12-6-7-14(18)8-12/h3-5,9,11-12,14H,6-8,10H2,1-2H3,(H,17,19)/t11-,12+,14-/m1/s1. The van der Waals surface area contributed by atoms with Gasteiger partial charge in [0.15, 0.2) is 0 Å². The van der Waals surface area contributed by atoms with Gasteiger partial charge in [-0.25, -0.2) is 4.79 Å². The van der Waals surface area contributed by atoms with Gasteiger partial charge in [0.05, 0.1) is 13.2 Å². The van der Waals surface area contributed by atoms with E-state index in [2.05, 4.69) is 5.32 Å². The molecule has 0 unspecified atom stereocenters. The van der Waals surface area contributed by atoms with Crippen LogP contribution in [0.3, 0.4) is 0 Å². The van der Waals surface area contributed by atoms with E-state index in [1.54, 1.807) is 7.11 Å². The van der Waals surface area contributed by atoms with Crippen molar-refractivity contribution in [2.45, 2.75) is 38.3 Å². The second-order valence-corrected chi connectivity index (χ2v) is 5.93. The molecule has 1 saturated heterocycles. The molecule has 3 atom stereocenters. The summed E-state index contributed by atoms with van der Waals surface area (Å²) in [4.78, 5) is 14.4. The lowest BCUT2D eigenvalue weighted by atomic mass is 10.1. The summed E-state index contributed by atoms with van der Waals surface area (Å²) in [5, 5.41) is 3.11. The monoisotopic (exact) mass is 274 g/mol. The van der Waals surface area contributed by atoms with Crippen LogP contribution in [0, 0.1) is 5.92 Å². The lowest BCUT2D eigenvalue weighted by Crippen LogP contribution is -2.45. The first-order valence-corrected chi connectivity index (χ1v) is 7.38. The van der Waals surface area contributed by atoms with Crippen molar-refractivity contribution in [2.24, 2.45) is 5.92 Å². The van der Waals surface area contributed by atoms with Crippen molar-refractivity contribution in [3.8, 4) is 5.75 Å². The van der Waals surface area contributed by atoms with Crippen LogP contribution in [-0.4, -0.2) is 30.6 Å². The first-order chi connectivity index (χ1) is 9.67. The maximum atomic E-state index is 12.4. The fourth-order valence-electron chi connectivity index (χ4n) is 3.44. The number of amides is 2. The van der Waals surface area contributed by atoms with Gasteiger partial charge in [-0.2, -0.15) is 0 Å². The third-order valence-corrected chi connectivity index (χ3v) is 4.60. The van der Waals surface area contributed by atoms with Crippen molar-refractivity contribution >= 4 is 6.03 Å². The third kappa shape index (κ3) is 2.47. The van der Waals surface area contributed by atoms with Gasteiger partial charge < -0.3 is 15.0 Å². The highest BCUT2D eigenvalue weighted by molar-refractivity contribution is 5.75. The zero-order valence-corrected chi connectivity index (χ0v) is 12.1. The van der Waals surface area contributed by atoms with Crippen LogP contribution < -0.4 is 10.1 Å². The molecule has 1 saturated carbocycles. The topological polar surface area (TPSA) is 41.6 Å². The number of ether oxygens (including phenoxy) is 1. The van der Waals surface area contributed by atoms with E-state index in [1.165, 1.54) is 19.3 Å². The Hall–Kier alpha value is -1.71. The number of nitrogens with one attached hydrogen (secondary N) is 1. The number of nitrogens with zero attached hydrogens (tertiary/aromatic N) is 1. The summed E-state index contributed by atoms with van der Waals surface area (Å²) < 4.78 is 5.23. The largest absolute Gasteiger partial charge is 0.497 e. The molecule has 4 heteroatoms. The fourth-order valence-corrected chi connectivity index (χ4v) is 3.44. The first-order valence-electron chi connectivity index (χ1n) is 7.38. The Morgan fingerprint density at radius 3 is 2.95 bits per heavy atom. The Bertz CT molecular complexity index is 503. The molecule has 0 radical (unpaired) electrons. The summed E-state index contributed by atoms with van der Waals surface area (Å²) >= 11 is 0. The lowest BCUT2D eigenvalue weighted by Gasteiger charge is -2.28. The van der Waals surface area contributed by atoms with Gasteiger partial charge in [-0.15, -0.1) is 0 Å². The van der Waals surface area contributed by atoms with Gasteiger partial charge in [0.2, 0.25) is 0 Å². The van der Waals surface area contributed by atoms with Gasteiger partial charge in [-0.05, 0) is 49.8 Å². The molecule has 20 heavy (non-hydrogen) atoms. The Kier molecular flexibility index (Phi) is 3.55. The summed E-state index contributed by atoms with van der Waals surface area (Å²) in [5.74, 6) is 1.56. The molecule has 108 valence electrons. The predicted octanol–water partition coefficient (Wildman–Crippen LogP) is 2.95. The molecule has 1 aromatic rings. The number of methoxy groups -OCH3 is 1. The van der Waals surface area contributed by atoms with Crippen molar-refractivity contribution < 1.29 is 9.53 Å². The number of urea groups is 1. The fraction of sp³-hybridized carbons (Fsp3) is 0.562. The summed E-state index contributed by atoms with van der Waals surface area (Å²) in [6.07, 6.45) is 3.66. The van der Waals surface area contributed by atoms with Gasteiger partial charge in [-0.1, -0.05) is 12.1 Å². The quantitative estimate of drug-likeness (QED) is 0.920. The summed E-state index contributed by atoms with van der Waals surface area (Å²) in [7, 11) is 1.66. The van der Waals surface area contributed by atoms with E-state index in [4.69, 9.17) is 4.74 Å². The Morgan fingerprint density at radius 1 is 1.45 bits per heavy atom. The predicted molar refractivity (Wildman–Crippen MR) is 77.8 cm³/mol. The molecule has 0 spiro atoms. The van der Waals surface area contributed by atoms with Crippen molar-refractivity contribution in [1.82, 2.24) is 10.2 Å². The summed E-state index contributed by atoms with van der Waals surface area (Å²) in [6, 6.07) is 8.40. The Morgan fingerprint density at radius 2 is 2.30 bits per heavy atom. The van der Waals surface area contributed by atoms with Crippen LogP contribution in [0.2, 0.25) is 0 Å². The van der Waals surface area contributed by atoms with Gasteiger partial charge in [0.1, 0.15) is 5.75 Å². The molecule has 3 rings (SSSR count). The highest BCUT2D eigenvalue weighted by Gasteiger charge is 2.40. The first kappa shape index (κ1) is 13.3. The van der Waals surface area contributed by atoms with E-state index >= 15 is 0 Å². The zero-order chi connectivity index (χ0) is 14.1. The third-order valence-electron chi connectivity index (χ3n) is 4.60. The average molecular weight is 274 g/mol. The summed E-state index contributed by atoms with van der Waals surface area (Å²) in [5.41, 5.74) is 1.07. The van der Waals surface area contributed by atoms with Crippen LogP contribution in [0.15, 0.2) is 24.3 Å². The molecule has 2 aliphatic rings. The van der Waals surface area contributed by atoms with Crippen LogP contribution in [0.1, 0.15) is 37.8 Å². The average Bonchev–Trinajstić information content (AvgIpc) is 3.10. The van der Waals surface area contributed by atoms with Crippen LogP contribution in [0.4, 0.5) is 4.79 Å². The second-order valence-electron chi connectivity index (χ2n) is 5.93. The van der Waals surface area contributed by atoms with Gasteiger partial charge in [-0.3, -0.25) is 0 Å². The maximum Gasteiger partial charge on any atom is 0.318 e. The van der Waals surface area contributed by atoms with Crippen molar-refractivity contribution in [3.05, 3.63) is 29.8 Å². The SMILES string of the molecule is COc1cccc([C@@H](C)NC(=O)N2C[C@H]3CC[C@@H]2C3)c1. The van der Waals surface area contributed by atoms with Crippen molar-refractivity contribution in [3.63, 3.8) is 0 Å². The van der Waals surface area contributed by atoms with Crippen molar-refractivity contribution in [2.75, 3.05) is 13.7 Å². The highest BCUT2D eigenvalue weighted by atomic mass is 16.5. The zero-order valence-electron chi connectivity index (χ0n) is 12.1. The van der Waals surface area contributed by atoms with Crippen molar-refractivity contribution in [1.29, 1.82) is 0 Å². The Balaban J connectivity index is 1.63. The molecule has 1 N–H and O–H groups in total. The molecule has 1 heterocycles. The van der Waals surface area contributed by atoms with Crippen LogP contribution in [0.5, 0.6) is 5.75 Å². The van der Waals surface area contributed by atoms with E-state index in [9.17, 15) is 4.79 Å². The minimum Gasteiger partial charge on any atom is -0.497 e. The summed E-state index contributed by atoms with van der Waals surface area (Å²) in [6.45, 7) is 2.95. The molecule has 0 aromatic heterocycles. The normalized spacial score (nSPS) is 25.6. The van der Waals surface area contributed by atoms with Gasteiger partial charge in [0.25, 0.3) is 0 Å². The number of carbonyl (C=O) groups is 1. The maximum absolute atomic E-state index is 12.4. The molecule has 1 aromatic carbocycles. The van der Waals surface area contributed by atoms with Crippen LogP contribution in [0.25, 0.3) is 0 Å². The van der Waals surface area contributed by atoms with Gasteiger partial charge in [0, 0.05) is 12.6 Å². The molecule has 4 nitrogen and oxygen atoms in total. The molecule has 2 amide bonds. The number of piperidine rings is 1. The molecular formula is C16H22N2O2. The molecule has 2 bridgehead atoms. The second kappa shape index (κ2) is 5.35. The van der Waals surface area contributed by atoms with E-state index in [-0.39, 0.29) is 12.1 Å². The van der Waals surface area contributed by atoms with Crippen LogP contribution in [-0.2, 0) is 0 Å². The highest BCUT2D eigenvalue weighted by Crippen LogP contribution is 2.37. The lowest BCUT2D eigenvalue weighted by molar-refractivity contribution is 0.178. The number of hydrogen-bond acceptors (Lipinski definition) is 2. The van der Waals surface area contributed by atoms with E-state index < -0.39 is 0 Å². The molecule has 1 aliphatic carbocycles.